The molecule has 8 nitrogen and oxygen atoms in total. The molecule has 0 spiro atoms. The first-order valence-electron chi connectivity index (χ1n) is 14.7. The average molecular weight is 623 g/mol. The summed E-state index contributed by atoms with van der Waals surface area (Å²) in [6.45, 7) is 7.11. The van der Waals surface area contributed by atoms with Crippen molar-refractivity contribution in [1.29, 1.82) is 10.5 Å². The van der Waals surface area contributed by atoms with Gasteiger partial charge < -0.3 is 9.80 Å². The zero-order valence-corrected chi connectivity index (χ0v) is 26.4. The van der Waals surface area contributed by atoms with Crippen LogP contribution in [-0.2, 0) is 0 Å². The third-order valence-electron chi connectivity index (χ3n) is 8.32. The molecule has 0 N–H and O–H groups in total. The van der Waals surface area contributed by atoms with Crippen LogP contribution in [0.2, 0.25) is 0 Å². The van der Waals surface area contributed by atoms with Gasteiger partial charge in [0, 0.05) is 62.5 Å². The summed E-state index contributed by atoms with van der Waals surface area (Å²) in [5.74, 6) is 1.55. The molecule has 0 aliphatic carbocycles. The number of ketones is 2. The summed E-state index contributed by atoms with van der Waals surface area (Å²) in [6.07, 6.45) is 8.70. The zero-order valence-electron chi connectivity index (χ0n) is 24.8. The van der Waals surface area contributed by atoms with E-state index in [4.69, 9.17) is 10.5 Å². The van der Waals surface area contributed by atoms with Gasteiger partial charge in [-0.15, -0.1) is 22.7 Å². The Hall–Kier alpha value is -4.38. The number of likely N-dealkylation sites (tertiary alicyclic amines) is 2. The van der Waals surface area contributed by atoms with Gasteiger partial charge in [-0.2, -0.15) is 10.5 Å². The van der Waals surface area contributed by atoms with E-state index in [0.717, 1.165) is 34.2 Å². The van der Waals surface area contributed by atoms with Crippen molar-refractivity contribution in [3.05, 3.63) is 82.8 Å². The van der Waals surface area contributed by atoms with Crippen LogP contribution in [0.15, 0.2) is 73.1 Å². The summed E-state index contributed by atoms with van der Waals surface area (Å²) in [4.78, 5) is 38.5. The number of hydrogen-bond donors (Lipinski definition) is 0. The Morgan fingerprint density at radius 2 is 1.09 bits per heavy atom. The highest BCUT2D eigenvalue weighted by Gasteiger charge is 2.32. The van der Waals surface area contributed by atoms with E-state index in [0.29, 0.717) is 47.5 Å². The summed E-state index contributed by atoms with van der Waals surface area (Å²) in [6, 6.07) is 19.8. The second kappa shape index (κ2) is 14.4. The summed E-state index contributed by atoms with van der Waals surface area (Å²) in [5, 5.41) is 19.7. The Balaban J connectivity index is 0.000000175. The molecule has 2 saturated heterocycles. The van der Waals surface area contributed by atoms with E-state index in [9.17, 15) is 9.59 Å². The third kappa shape index (κ3) is 7.57. The summed E-state index contributed by atoms with van der Waals surface area (Å²) < 4.78 is 0. The van der Waals surface area contributed by atoms with Crippen LogP contribution in [0.25, 0.3) is 21.1 Å². The van der Waals surface area contributed by atoms with Gasteiger partial charge in [-0.05, 0) is 23.7 Å². The average Bonchev–Trinajstić information content (AvgIpc) is 3.86. The minimum Gasteiger partial charge on any atom is -0.310 e. The monoisotopic (exact) mass is 622 g/mol. The number of aromatic nitrogens is 2. The minimum atomic E-state index is 0.135. The van der Waals surface area contributed by atoms with Gasteiger partial charge >= 0.3 is 0 Å². The molecule has 0 saturated carbocycles. The van der Waals surface area contributed by atoms with Crippen LogP contribution in [0.4, 0.5) is 0 Å². The molecule has 0 radical (unpaired) electrons. The molecule has 0 unspecified atom stereocenters. The van der Waals surface area contributed by atoms with Crippen LogP contribution < -0.4 is 0 Å². The van der Waals surface area contributed by atoms with E-state index in [2.05, 4.69) is 36.2 Å². The lowest BCUT2D eigenvalue weighted by Gasteiger charge is -2.11. The lowest BCUT2D eigenvalue weighted by Crippen LogP contribution is -2.15. The second-order valence-corrected chi connectivity index (χ2v) is 13.6. The molecule has 4 atom stereocenters. The Kier molecular flexibility index (Phi) is 10.2. The van der Waals surface area contributed by atoms with Gasteiger partial charge in [0.1, 0.15) is 10.0 Å². The predicted octanol–water partition coefficient (Wildman–Crippen LogP) is 6.86. The van der Waals surface area contributed by atoms with Crippen molar-refractivity contribution < 1.29 is 9.59 Å². The van der Waals surface area contributed by atoms with Crippen molar-refractivity contribution in [2.45, 2.75) is 26.7 Å². The van der Waals surface area contributed by atoms with Crippen molar-refractivity contribution in [3.8, 4) is 33.5 Å². The first-order chi connectivity index (χ1) is 21.3. The number of rotatable bonds is 8. The number of nitriles is 2. The highest BCUT2D eigenvalue weighted by Crippen LogP contribution is 2.31. The van der Waals surface area contributed by atoms with E-state index in [1.54, 1.807) is 22.2 Å². The third-order valence-corrected chi connectivity index (χ3v) is 10.5. The van der Waals surface area contributed by atoms with Crippen LogP contribution in [0, 0.1) is 46.6 Å². The maximum atomic E-state index is 12.5. The number of nitrogens with zero attached hydrogens (tertiary/aromatic N) is 6. The minimum absolute atomic E-state index is 0.135. The lowest BCUT2D eigenvalue weighted by molar-refractivity contribution is 0.0951. The van der Waals surface area contributed by atoms with Crippen molar-refractivity contribution >= 4 is 34.2 Å². The fourth-order valence-electron chi connectivity index (χ4n) is 5.68. The number of carbonyl (C=O) groups excluding carboxylic acids is 2. The van der Waals surface area contributed by atoms with Crippen LogP contribution in [0.1, 0.15) is 46.0 Å². The molecule has 2 fully saturated rings. The molecule has 0 bridgehead atoms. The number of Topliss-reactive ketones (excluding diaryl/α,β-unsaturated/α-hetero) is 2. The van der Waals surface area contributed by atoms with Gasteiger partial charge in [0.2, 0.25) is 0 Å². The zero-order chi connectivity index (χ0) is 31.1. The molecular formula is C34H34N6O2S2. The largest absolute Gasteiger partial charge is 0.310 e. The number of benzene rings is 2. The standard InChI is InChI=1S/2C17H17N3OS/c2*1-12-9-20(11-18)10-14(12)7-15(21)16-8-19-17(22-16)13-5-3-2-4-6-13/h2*2-6,8,12,14H,7,9-10H2,1H3/t2*12-,14-/m10/s1. The first kappa shape index (κ1) is 31.1. The highest BCUT2D eigenvalue weighted by atomic mass is 32.1. The van der Waals surface area contributed by atoms with Crippen LogP contribution in [-0.4, -0.2) is 57.5 Å². The molecular weight excluding hydrogens is 589 g/mol. The van der Waals surface area contributed by atoms with E-state index >= 15 is 0 Å². The Morgan fingerprint density at radius 1 is 0.705 bits per heavy atom. The van der Waals surface area contributed by atoms with E-state index in [1.165, 1.54) is 22.7 Å². The van der Waals surface area contributed by atoms with Crippen LogP contribution in [0.5, 0.6) is 0 Å². The van der Waals surface area contributed by atoms with Gasteiger partial charge in [-0.25, -0.2) is 9.97 Å². The van der Waals surface area contributed by atoms with Crippen LogP contribution >= 0.6 is 22.7 Å². The van der Waals surface area contributed by atoms with Gasteiger partial charge in [0.25, 0.3) is 0 Å². The van der Waals surface area contributed by atoms with E-state index in [-0.39, 0.29) is 23.4 Å². The number of carbonyl (C=O) groups is 2. The molecule has 10 heteroatoms. The van der Waals surface area contributed by atoms with Gasteiger partial charge in [0.15, 0.2) is 24.0 Å². The Labute approximate surface area is 266 Å². The summed E-state index contributed by atoms with van der Waals surface area (Å²) in [5.41, 5.74) is 2.08. The summed E-state index contributed by atoms with van der Waals surface area (Å²) in [7, 11) is 0. The SMILES string of the molecule is C[C@@H]1CN(C#N)C[C@H]1CC(=O)c1cnc(-c2ccccc2)s1.C[C@H]1CN(C#N)C[C@@H]1CC(=O)c1cnc(-c2ccccc2)s1. The summed E-state index contributed by atoms with van der Waals surface area (Å²) >= 11 is 2.89. The molecule has 6 rings (SSSR count). The topological polar surface area (TPSA) is 114 Å². The van der Waals surface area contributed by atoms with Crippen LogP contribution in [0.3, 0.4) is 0 Å². The maximum absolute atomic E-state index is 12.5. The fourth-order valence-corrected chi connectivity index (χ4v) is 7.42. The van der Waals surface area contributed by atoms with Crippen molar-refractivity contribution in [1.82, 2.24) is 19.8 Å². The molecule has 2 aliphatic heterocycles. The van der Waals surface area contributed by atoms with E-state index < -0.39 is 0 Å². The highest BCUT2D eigenvalue weighted by molar-refractivity contribution is 7.17. The number of thiazole rings is 2. The molecule has 44 heavy (non-hydrogen) atoms. The first-order valence-corrected chi connectivity index (χ1v) is 16.4. The quantitative estimate of drug-likeness (QED) is 0.155. The Bertz CT molecular complexity index is 1530. The molecule has 224 valence electrons. The lowest BCUT2D eigenvalue weighted by atomic mass is 9.92. The van der Waals surface area contributed by atoms with Gasteiger partial charge in [0.05, 0.1) is 9.75 Å². The van der Waals surface area contributed by atoms with Crippen molar-refractivity contribution in [2.24, 2.45) is 23.7 Å². The van der Waals surface area contributed by atoms with Crippen molar-refractivity contribution in [2.75, 3.05) is 26.2 Å². The molecule has 0 amide bonds. The maximum Gasteiger partial charge on any atom is 0.179 e. The molecule has 4 heterocycles. The van der Waals surface area contributed by atoms with Gasteiger partial charge in [-0.1, -0.05) is 74.5 Å². The number of hydrogen-bond acceptors (Lipinski definition) is 10. The molecule has 2 aliphatic rings. The van der Waals surface area contributed by atoms with Gasteiger partial charge in [-0.3, -0.25) is 9.59 Å². The normalized spacial score (nSPS) is 20.8. The molecule has 2 aromatic heterocycles. The molecule has 2 aromatic carbocycles. The Morgan fingerprint density at radius 3 is 1.43 bits per heavy atom. The predicted molar refractivity (Wildman–Crippen MR) is 173 cm³/mol. The fraction of sp³-hybridized carbons (Fsp3) is 0.353. The molecule has 4 aromatic rings. The van der Waals surface area contributed by atoms with E-state index in [1.807, 2.05) is 60.7 Å². The smallest absolute Gasteiger partial charge is 0.179 e. The second-order valence-electron chi connectivity index (χ2n) is 11.5. The van der Waals surface area contributed by atoms with Crippen molar-refractivity contribution in [3.63, 3.8) is 0 Å².